The van der Waals surface area contributed by atoms with E-state index in [1.54, 1.807) is 30.3 Å². The summed E-state index contributed by atoms with van der Waals surface area (Å²) in [7, 11) is -3.83. The molecule has 1 aliphatic heterocycles. The first-order chi connectivity index (χ1) is 9.00. The second-order valence-corrected chi connectivity index (χ2v) is 6.06. The van der Waals surface area contributed by atoms with Gasteiger partial charge in [-0.2, -0.15) is 12.7 Å². The third-order valence-electron chi connectivity index (χ3n) is 3.07. The van der Waals surface area contributed by atoms with Crippen molar-refractivity contribution in [2.24, 2.45) is 0 Å². The van der Waals surface area contributed by atoms with Crippen LogP contribution in [0, 0.1) is 0 Å². The number of aliphatic carboxylic acids is 1. The van der Waals surface area contributed by atoms with Gasteiger partial charge in [0.1, 0.15) is 6.04 Å². The van der Waals surface area contributed by atoms with Gasteiger partial charge in [-0.25, -0.2) is 0 Å². The van der Waals surface area contributed by atoms with Crippen LogP contribution >= 0.6 is 0 Å². The summed E-state index contributed by atoms with van der Waals surface area (Å²) in [6.45, 7) is 0.235. The van der Waals surface area contributed by atoms with Crippen molar-refractivity contribution in [3.8, 4) is 0 Å². The maximum atomic E-state index is 12.2. The molecular weight excluding hydrogens is 268 g/mol. The number of para-hydroxylation sites is 1. The van der Waals surface area contributed by atoms with Crippen LogP contribution in [0.4, 0.5) is 5.69 Å². The van der Waals surface area contributed by atoms with Crippen LogP contribution in [0.15, 0.2) is 30.3 Å². The van der Waals surface area contributed by atoms with Crippen molar-refractivity contribution >= 4 is 21.9 Å². The minimum Gasteiger partial charge on any atom is -0.480 e. The van der Waals surface area contributed by atoms with Crippen molar-refractivity contribution in [1.82, 2.24) is 4.31 Å². The average Bonchev–Trinajstić information content (AvgIpc) is 2.39. The van der Waals surface area contributed by atoms with Crippen molar-refractivity contribution < 1.29 is 18.3 Å². The summed E-state index contributed by atoms with van der Waals surface area (Å²) in [6.07, 6.45) is 1.76. The molecule has 1 fully saturated rings. The molecule has 1 atom stereocenters. The number of rotatable bonds is 4. The molecule has 0 unspecified atom stereocenters. The van der Waals surface area contributed by atoms with Gasteiger partial charge in [0.05, 0.1) is 0 Å². The smallest absolute Gasteiger partial charge is 0.322 e. The maximum Gasteiger partial charge on any atom is 0.322 e. The fraction of sp³-hybridized carbons (Fsp3) is 0.417. The molecule has 6 nitrogen and oxygen atoms in total. The second-order valence-electron chi connectivity index (χ2n) is 4.43. The Balaban J connectivity index is 2.20. The highest BCUT2D eigenvalue weighted by molar-refractivity contribution is 7.90. The lowest BCUT2D eigenvalue weighted by atomic mass is 10.1. The SMILES string of the molecule is O=C(O)[C@@H]1CCCCN1S(=O)(=O)Nc1ccccc1. The molecule has 2 N–H and O–H groups in total. The summed E-state index contributed by atoms with van der Waals surface area (Å²) >= 11 is 0. The molecule has 0 bridgehead atoms. The van der Waals surface area contributed by atoms with Crippen molar-refractivity contribution in [3.05, 3.63) is 30.3 Å². The molecular formula is C12H16N2O4S. The lowest BCUT2D eigenvalue weighted by Gasteiger charge is -2.31. The quantitative estimate of drug-likeness (QED) is 0.872. The van der Waals surface area contributed by atoms with Gasteiger partial charge in [0.2, 0.25) is 0 Å². The van der Waals surface area contributed by atoms with Crippen molar-refractivity contribution in [2.45, 2.75) is 25.3 Å². The Kier molecular flexibility index (Phi) is 4.06. The van der Waals surface area contributed by atoms with Crippen LogP contribution in [-0.2, 0) is 15.0 Å². The van der Waals surface area contributed by atoms with Crippen LogP contribution in [0.25, 0.3) is 0 Å². The normalized spacial score (nSPS) is 20.9. The number of nitrogens with one attached hydrogen (secondary N) is 1. The molecule has 104 valence electrons. The van der Waals surface area contributed by atoms with Gasteiger partial charge in [0.15, 0.2) is 0 Å². The van der Waals surface area contributed by atoms with E-state index in [4.69, 9.17) is 5.11 Å². The number of hydrogen-bond acceptors (Lipinski definition) is 3. The number of benzene rings is 1. The molecule has 0 aromatic heterocycles. The zero-order chi connectivity index (χ0) is 13.9. The topological polar surface area (TPSA) is 86.7 Å². The van der Waals surface area contributed by atoms with E-state index >= 15 is 0 Å². The van der Waals surface area contributed by atoms with Gasteiger partial charge in [-0.15, -0.1) is 0 Å². The van der Waals surface area contributed by atoms with E-state index in [0.29, 0.717) is 18.5 Å². The molecule has 0 radical (unpaired) electrons. The van der Waals surface area contributed by atoms with E-state index in [1.807, 2.05) is 0 Å². The molecule has 1 aliphatic rings. The Hall–Kier alpha value is -1.60. The number of carboxylic acid groups (broad SMARTS) is 1. The van der Waals surface area contributed by atoms with Gasteiger partial charge in [-0.1, -0.05) is 18.2 Å². The number of piperidine rings is 1. The summed E-state index contributed by atoms with van der Waals surface area (Å²) in [4.78, 5) is 11.1. The lowest BCUT2D eigenvalue weighted by molar-refractivity contribution is -0.142. The molecule has 1 aromatic carbocycles. The summed E-state index contributed by atoms with van der Waals surface area (Å²) in [6, 6.07) is 7.47. The lowest BCUT2D eigenvalue weighted by Crippen LogP contribution is -2.49. The molecule has 0 amide bonds. The van der Waals surface area contributed by atoms with Crippen LogP contribution in [-0.4, -0.2) is 36.4 Å². The van der Waals surface area contributed by atoms with Crippen molar-refractivity contribution in [3.63, 3.8) is 0 Å². The summed E-state index contributed by atoms with van der Waals surface area (Å²) in [5.74, 6) is -1.10. The number of nitrogens with zero attached hydrogens (tertiary/aromatic N) is 1. The zero-order valence-electron chi connectivity index (χ0n) is 10.3. The highest BCUT2D eigenvalue weighted by Crippen LogP contribution is 2.22. The molecule has 19 heavy (non-hydrogen) atoms. The largest absolute Gasteiger partial charge is 0.480 e. The van der Waals surface area contributed by atoms with Crippen LogP contribution in [0.5, 0.6) is 0 Å². The van der Waals surface area contributed by atoms with Crippen molar-refractivity contribution in [2.75, 3.05) is 11.3 Å². The Morgan fingerprint density at radius 3 is 2.58 bits per heavy atom. The first-order valence-corrected chi connectivity index (χ1v) is 7.52. The molecule has 2 rings (SSSR count). The van der Waals surface area contributed by atoms with E-state index in [1.165, 1.54) is 0 Å². The average molecular weight is 284 g/mol. The Bertz CT molecular complexity index is 544. The van der Waals surface area contributed by atoms with Crippen LogP contribution in [0.3, 0.4) is 0 Å². The molecule has 1 aromatic rings. The van der Waals surface area contributed by atoms with Gasteiger partial charge in [-0.3, -0.25) is 9.52 Å². The fourth-order valence-corrected chi connectivity index (χ4v) is 3.60. The maximum absolute atomic E-state index is 12.2. The molecule has 1 saturated heterocycles. The number of carboxylic acids is 1. The molecule has 1 heterocycles. The van der Waals surface area contributed by atoms with E-state index < -0.39 is 22.2 Å². The summed E-state index contributed by atoms with van der Waals surface area (Å²) < 4.78 is 27.9. The molecule has 0 aliphatic carbocycles. The standard InChI is InChI=1S/C12H16N2O4S/c15-12(16)11-8-4-5-9-14(11)19(17,18)13-10-6-2-1-3-7-10/h1-3,6-7,11,13H,4-5,8-9H2,(H,15,16)/t11-/m0/s1. The first-order valence-electron chi connectivity index (χ1n) is 6.08. The van der Waals surface area contributed by atoms with Gasteiger partial charge in [0.25, 0.3) is 0 Å². The number of anilines is 1. The second kappa shape index (κ2) is 5.58. The van der Waals surface area contributed by atoms with Gasteiger partial charge < -0.3 is 5.11 Å². The van der Waals surface area contributed by atoms with E-state index in [9.17, 15) is 13.2 Å². The van der Waals surface area contributed by atoms with E-state index in [2.05, 4.69) is 4.72 Å². The number of carbonyl (C=O) groups is 1. The fourth-order valence-electron chi connectivity index (χ4n) is 2.15. The highest BCUT2D eigenvalue weighted by Gasteiger charge is 2.36. The predicted molar refractivity (Wildman–Crippen MR) is 71.0 cm³/mol. The molecule has 7 heteroatoms. The highest BCUT2D eigenvalue weighted by atomic mass is 32.2. The first kappa shape index (κ1) is 13.8. The predicted octanol–water partition coefficient (Wildman–Crippen LogP) is 1.28. The number of hydrogen-bond donors (Lipinski definition) is 2. The Morgan fingerprint density at radius 2 is 1.95 bits per heavy atom. The third-order valence-corrected chi connectivity index (χ3v) is 4.62. The van der Waals surface area contributed by atoms with Crippen LogP contribution in [0.2, 0.25) is 0 Å². The summed E-state index contributed by atoms with van der Waals surface area (Å²) in [5, 5.41) is 9.10. The van der Waals surface area contributed by atoms with Crippen LogP contribution in [0.1, 0.15) is 19.3 Å². The van der Waals surface area contributed by atoms with Gasteiger partial charge >= 0.3 is 16.2 Å². The van der Waals surface area contributed by atoms with Gasteiger partial charge in [0, 0.05) is 12.2 Å². The van der Waals surface area contributed by atoms with Gasteiger partial charge in [-0.05, 0) is 31.4 Å². The minimum atomic E-state index is -3.83. The van der Waals surface area contributed by atoms with Crippen LogP contribution < -0.4 is 4.72 Å². The minimum absolute atomic E-state index is 0.235. The third kappa shape index (κ3) is 3.24. The Morgan fingerprint density at radius 1 is 1.26 bits per heavy atom. The van der Waals surface area contributed by atoms with E-state index in [0.717, 1.165) is 10.7 Å². The Labute approximate surface area is 112 Å². The zero-order valence-corrected chi connectivity index (χ0v) is 11.1. The summed E-state index contributed by atoms with van der Waals surface area (Å²) in [5.41, 5.74) is 0.428. The van der Waals surface area contributed by atoms with E-state index in [-0.39, 0.29) is 6.54 Å². The monoisotopic (exact) mass is 284 g/mol. The molecule has 0 saturated carbocycles. The van der Waals surface area contributed by atoms with Crippen molar-refractivity contribution in [1.29, 1.82) is 0 Å². The molecule has 0 spiro atoms.